The third-order valence-corrected chi connectivity index (χ3v) is 6.09. The molecule has 0 amide bonds. The number of hydrogen-bond acceptors (Lipinski definition) is 7. The van der Waals surface area contributed by atoms with Crippen molar-refractivity contribution in [3.05, 3.63) is 33.2 Å². The van der Waals surface area contributed by atoms with Crippen LogP contribution in [0.2, 0.25) is 0 Å². The molecule has 2 aliphatic heterocycles. The van der Waals surface area contributed by atoms with Crippen molar-refractivity contribution < 1.29 is 28.9 Å². The maximum atomic E-state index is 13.2. The molecular formula is C22H26O7. The number of Topliss-reactive ketones (excluding diaryl/α,β-unsaturated/α-hetero) is 1. The first-order valence-corrected chi connectivity index (χ1v) is 10.0. The molecule has 1 unspecified atom stereocenters. The summed E-state index contributed by atoms with van der Waals surface area (Å²) in [5, 5.41) is 22.1. The van der Waals surface area contributed by atoms with Crippen molar-refractivity contribution in [2.24, 2.45) is 5.92 Å². The Labute approximate surface area is 168 Å². The van der Waals surface area contributed by atoms with Gasteiger partial charge in [0.15, 0.2) is 11.7 Å². The van der Waals surface area contributed by atoms with Gasteiger partial charge in [0, 0.05) is 12.0 Å². The predicted octanol–water partition coefficient (Wildman–Crippen LogP) is 2.91. The van der Waals surface area contributed by atoms with Gasteiger partial charge in [-0.05, 0) is 32.8 Å². The summed E-state index contributed by atoms with van der Waals surface area (Å²) in [6, 6.07) is 1.40. The number of ether oxygens (including phenoxy) is 2. The minimum atomic E-state index is -1.39. The molecule has 2 aliphatic rings. The van der Waals surface area contributed by atoms with Crippen LogP contribution in [0.5, 0.6) is 11.5 Å². The zero-order valence-corrected chi connectivity index (χ0v) is 17.2. The standard InChI is InChI=1S/C22H26O7/c1-6-7-11-8-12(23)28-18-13(11)20-15(17(25)21(26)22(4,5)29-20)19-14(18)16(24)9(2)10(3)27-19/h8-10,16,21,24,26H,6-7H2,1-5H3/t9-,10-,16-,21?/m0/s1. The summed E-state index contributed by atoms with van der Waals surface area (Å²) in [7, 11) is 0. The highest BCUT2D eigenvalue weighted by atomic mass is 16.5. The lowest BCUT2D eigenvalue weighted by Gasteiger charge is -2.40. The maximum Gasteiger partial charge on any atom is 0.336 e. The van der Waals surface area contributed by atoms with E-state index in [-0.39, 0.29) is 40.2 Å². The average molecular weight is 402 g/mol. The molecule has 3 heterocycles. The first kappa shape index (κ1) is 19.9. The second-order valence-corrected chi connectivity index (χ2v) is 8.59. The lowest BCUT2D eigenvalue weighted by Crippen LogP contribution is -2.50. The molecule has 29 heavy (non-hydrogen) atoms. The molecule has 2 aromatic rings. The summed E-state index contributed by atoms with van der Waals surface area (Å²) in [4.78, 5) is 25.5. The van der Waals surface area contributed by atoms with Gasteiger partial charge in [0.2, 0.25) is 5.78 Å². The number of aliphatic hydroxyl groups excluding tert-OH is 2. The molecule has 0 bridgehead atoms. The molecule has 0 radical (unpaired) electrons. The van der Waals surface area contributed by atoms with Gasteiger partial charge in [-0.2, -0.15) is 0 Å². The molecule has 0 saturated heterocycles. The van der Waals surface area contributed by atoms with E-state index in [4.69, 9.17) is 13.9 Å². The molecule has 7 nitrogen and oxygen atoms in total. The van der Waals surface area contributed by atoms with E-state index in [1.54, 1.807) is 20.8 Å². The number of aliphatic hydroxyl groups is 2. The zero-order valence-electron chi connectivity index (χ0n) is 17.2. The van der Waals surface area contributed by atoms with Gasteiger partial charge in [0.05, 0.1) is 17.1 Å². The van der Waals surface area contributed by atoms with Gasteiger partial charge in [0.1, 0.15) is 28.8 Å². The number of ketones is 1. The highest BCUT2D eigenvalue weighted by Crippen LogP contribution is 2.52. The Bertz CT molecular complexity index is 1070. The molecule has 0 spiro atoms. The van der Waals surface area contributed by atoms with Crippen LogP contribution >= 0.6 is 0 Å². The van der Waals surface area contributed by atoms with E-state index in [0.29, 0.717) is 17.4 Å². The van der Waals surface area contributed by atoms with Gasteiger partial charge in [0.25, 0.3) is 0 Å². The van der Waals surface area contributed by atoms with Crippen molar-refractivity contribution in [1.29, 1.82) is 0 Å². The van der Waals surface area contributed by atoms with Gasteiger partial charge in [-0.3, -0.25) is 4.79 Å². The van der Waals surface area contributed by atoms with Crippen LogP contribution in [0, 0.1) is 5.92 Å². The summed E-state index contributed by atoms with van der Waals surface area (Å²) in [6.07, 6.45) is -1.45. The van der Waals surface area contributed by atoms with Crippen molar-refractivity contribution >= 4 is 16.8 Å². The Morgan fingerprint density at radius 1 is 1.14 bits per heavy atom. The summed E-state index contributed by atoms with van der Waals surface area (Å²) in [6.45, 7) is 8.86. The van der Waals surface area contributed by atoms with E-state index in [9.17, 15) is 19.8 Å². The summed E-state index contributed by atoms with van der Waals surface area (Å²) >= 11 is 0. The molecule has 0 aliphatic carbocycles. The monoisotopic (exact) mass is 402 g/mol. The minimum absolute atomic E-state index is 0.100. The fraction of sp³-hybridized carbons (Fsp3) is 0.545. The second-order valence-electron chi connectivity index (χ2n) is 8.59. The molecule has 4 atom stereocenters. The van der Waals surface area contributed by atoms with Crippen molar-refractivity contribution in [2.75, 3.05) is 0 Å². The van der Waals surface area contributed by atoms with Crippen LogP contribution in [0.15, 0.2) is 15.3 Å². The maximum absolute atomic E-state index is 13.2. The fourth-order valence-electron chi connectivity index (χ4n) is 4.21. The van der Waals surface area contributed by atoms with Crippen molar-refractivity contribution in [2.45, 2.75) is 71.4 Å². The van der Waals surface area contributed by atoms with E-state index in [0.717, 1.165) is 6.42 Å². The number of aryl methyl sites for hydroxylation is 1. The average Bonchev–Trinajstić information content (AvgIpc) is 2.63. The van der Waals surface area contributed by atoms with E-state index in [1.807, 2.05) is 13.8 Å². The highest BCUT2D eigenvalue weighted by Gasteiger charge is 2.48. The van der Waals surface area contributed by atoms with Crippen LogP contribution in [-0.4, -0.2) is 33.8 Å². The summed E-state index contributed by atoms with van der Waals surface area (Å²) < 4.78 is 17.7. The first-order chi connectivity index (χ1) is 13.6. The van der Waals surface area contributed by atoms with Gasteiger partial charge in [-0.1, -0.05) is 20.3 Å². The van der Waals surface area contributed by atoms with Crippen LogP contribution in [0.3, 0.4) is 0 Å². The Hall–Kier alpha value is -2.38. The smallest absolute Gasteiger partial charge is 0.336 e. The molecule has 1 aromatic heterocycles. The van der Waals surface area contributed by atoms with Crippen molar-refractivity contribution in [1.82, 2.24) is 0 Å². The quantitative estimate of drug-likeness (QED) is 0.744. The molecule has 0 saturated carbocycles. The summed E-state index contributed by atoms with van der Waals surface area (Å²) in [5.74, 6) is -0.455. The SMILES string of the molecule is CCCc1cc(=O)oc2c3c(c4c(c12)OC(C)(C)C(O)C4=O)O[C@@H](C)[C@H](C)[C@@H]3O. The van der Waals surface area contributed by atoms with Crippen LogP contribution in [-0.2, 0) is 6.42 Å². The van der Waals surface area contributed by atoms with Gasteiger partial charge >= 0.3 is 5.63 Å². The Balaban J connectivity index is 2.20. The molecule has 2 N–H and O–H groups in total. The van der Waals surface area contributed by atoms with Crippen LogP contribution < -0.4 is 15.1 Å². The molecular weight excluding hydrogens is 376 g/mol. The van der Waals surface area contributed by atoms with Crippen molar-refractivity contribution in [3.8, 4) is 11.5 Å². The molecule has 7 heteroatoms. The van der Waals surface area contributed by atoms with Gasteiger partial charge in [-0.25, -0.2) is 4.79 Å². The fourth-order valence-corrected chi connectivity index (χ4v) is 4.21. The number of rotatable bonds is 2. The van der Waals surface area contributed by atoms with E-state index in [2.05, 4.69) is 0 Å². The lowest BCUT2D eigenvalue weighted by molar-refractivity contribution is -0.0264. The molecule has 4 rings (SSSR count). The number of benzene rings is 1. The van der Waals surface area contributed by atoms with E-state index in [1.165, 1.54) is 6.07 Å². The third-order valence-electron chi connectivity index (χ3n) is 6.09. The number of hydrogen-bond donors (Lipinski definition) is 2. The molecule has 1 aromatic carbocycles. The Kier molecular flexibility index (Phi) is 4.51. The Morgan fingerprint density at radius 3 is 2.48 bits per heavy atom. The highest BCUT2D eigenvalue weighted by molar-refractivity contribution is 6.12. The molecule has 156 valence electrons. The van der Waals surface area contributed by atoms with Crippen LogP contribution in [0.4, 0.5) is 0 Å². The summed E-state index contributed by atoms with van der Waals surface area (Å²) in [5.41, 5.74) is -0.483. The topological polar surface area (TPSA) is 106 Å². The van der Waals surface area contributed by atoms with Crippen LogP contribution in [0.1, 0.15) is 68.6 Å². The predicted molar refractivity (Wildman–Crippen MR) is 106 cm³/mol. The molecule has 0 fully saturated rings. The Morgan fingerprint density at radius 2 is 1.83 bits per heavy atom. The number of fused-ring (bicyclic) bond motifs is 6. The van der Waals surface area contributed by atoms with Gasteiger partial charge < -0.3 is 24.1 Å². The number of carbonyl (C=O) groups is 1. The van der Waals surface area contributed by atoms with E-state index < -0.39 is 29.2 Å². The second kappa shape index (κ2) is 6.57. The third kappa shape index (κ3) is 2.79. The van der Waals surface area contributed by atoms with Gasteiger partial charge in [-0.15, -0.1) is 0 Å². The van der Waals surface area contributed by atoms with E-state index >= 15 is 0 Å². The minimum Gasteiger partial charge on any atom is -0.489 e. The zero-order chi connectivity index (χ0) is 21.2. The first-order valence-electron chi connectivity index (χ1n) is 10.0. The number of carbonyl (C=O) groups excluding carboxylic acids is 1. The lowest BCUT2D eigenvalue weighted by atomic mass is 9.81. The van der Waals surface area contributed by atoms with Crippen molar-refractivity contribution in [3.63, 3.8) is 0 Å². The normalized spacial score (nSPS) is 27.8. The largest absolute Gasteiger partial charge is 0.489 e. The van der Waals surface area contributed by atoms with Crippen LogP contribution in [0.25, 0.3) is 11.0 Å².